The minimum Gasteiger partial charge on any atom is -0.395 e. The van der Waals surface area contributed by atoms with Crippen LogP contribution in [0.1, 0.15) is 10.6 Å². The number of furan rings is 1. The maximum atomic E-state index is 12.2. The lowest BCUT2D eigenvalue weighted by Gasteiger charge is -2.06. The van der Waals surface area contributed by atoms with Gasteiger partial charge in [-0.15, -0.1) is 11.3 Å². The summed E-state index contributed by atoms with van der Waals surface area (Å²) >= 11 is 9.36. The SMILES string of the molecule is O=C(Nc1ccc(Sc2nc3ccccc3s2)c(Cl)c1)c1ccc([N+](=O)[O-])o1. The second-order valence-electron chi connectivity index (χ2n) is 5.54. The monoisotopic (exact) mass is 431 g/mol. The predicted molar refractivity (Wildman–Crippen MR) is 109 cm³/mol. The van der Waals surface area contributed by atoms with Crippen LogP contribution in [0.25, 0.3) is 10.2 Å². The van der Waals surface area contributed by atoms with Crippen LogP contribution < -0.4 is 5.32 Å². The lowest BCUT2D eigenvalue weighted by molar-refractivity contribution is -0.402. The number of anilines is 1. The second-order valence-corrected chi connectivity index (χ2v) is 8.27. The number of benzene rings is 2. The summed E-state index contributed by atoms with van der Waals surface area (Å²) in [6.07, 6.45) is 0. The molecule has 28 heavy (non-hydrogen) atoms. The van der Waals surface area contributed by atoms with E-state index in [0.717, 1.165) is 25.5 Å². The smallest absolute Gasteiger partial charge is 0.395 e. The first-order chi connectivity index (χ1) is 13.5. The van der Waals surface area contributed by atoms with Gasteiger partial charge in [0.1, 0.15) is 4.92 Å². The third kappa shape index (κ3) is 3.86. The van der Waals surface area contributed by atoms with Crippen molar-refractivity contribution >= 4 is 62.4 Å². The highest BCUT2D eigenvalue weighted by molar-refractivity contribution is 8.01. The van der Waals surface area contributed by atoms with E-state index in [2.05, 4.69) is 10.3 Å². The number of amides is 1. The highest BCUT2D eigenvalue weighted by Crippen LogP contribution is 2.38. The highest BCUT2D eigenvalue weighted by Gasteiger charge is 2.18. The largest absolute Gasteiger partial charge is 0.433 e. The van der Waals surface area contributed by atoms with Crippen molar-refractivity contribution in [2.24, 2.45) is 0 Å². The number of hydrogen-bond acceptors (Lipinski definition) is 7. The Hall–Kier alpha value is -2.88. The normalized spacial score (nSPS) is 10.9. The molecule has 0 fully saturated rings. The number of nitrogens with one attached hydrogen (secondary N) is 1. The lowest BCUT2D eigenvalue weighted by atomic mass is 10.3. The van der Waals surface area contributed by atoms with Gasteiger partial charge in [0.05, 0.1) is 21.3 Å². The zero-order chi connectivity index (χ0) is 19.7. The lowest BCUT2D eigenvalue weighted by Crippen LogP contribution is -2.10. The van der Waals surface area contributed by atoms with Crippen molar-refractivity contribution in [2.75, 3.05) is 5.32 Å². The number of rotatable bonds is 5. The Morgan fingerprint density at radius 1 is 1.21 bits per heavy atom. The predicted octanol–water partition coefficient (Wildman–Crippen LogP) is 5.85. The fourth-order valence-corrected chi connectivity index (χ4v) is 4.71. The number of carbonyl (C=O) groups is 1. The average molecular weight is 432 g/mol. The van der Waals surface area contributed by atoms with E-state index >= 15 is 0 Å². The highest BCUT2D eigenvalue weighted by atomic mass is 35.5. The maximum Gasteiger partial charge on any atom is 0.433 e. The fourth-order valence-electron chi connectivity index (χ4n) is 2.39. The molecule has 0 spiro atoms. The van der Waals surface area contributed by atoms with Crippen molar-refractivity contribution < 1.29 is 14.1 Å². The molecule has 10 heteroatoms. The molecule has 4 aromatic rings. The molecule has 0 atom stereocenters. The Morgan fingerprint density at radius 3 is 2.75 bits per heavy atom. The van der Waals surface area contributed by atoms with Crippen LogP contribution in [0.5, 0.6) is 0 Å². The van der Waals surface area contributed by atoms with Gasteiger partial charge >= 0.3 is 5.88 Å². The molecule has 0 saturated heterocycles. The van der Waals surface area contributed by atoms with E-state index in [-0.39, 0.29) is 5.76 Å². The Labute approximate surface area is 171 Å². The molecule has 4 rings (SSSR count). The summed E-state index contributed by atoms with van der Waals surface area (Å²) in [5.74, 6) is -1.25. The minimum atomic E-state index is -0.707. The molecule has 1 amide bonds. The van der Waals surface area contributed by atoms with Gasteiger partial charge in [0.15, 0.2) is 10.1 Å². The van der Waals surface area contributed by atoms with Crippen LogP contribution in [-0.4, -0.2) is 15.8 Å². The molecule has 0 bridgehead atoms. The molecule has 2 aromatic heterocycles. The number of halogens is 1. The first-order valence-corrected chi connectivity index (χ1v) is 9.89. The van der Waals surface area contributed by atoms with Gasteiger partial charge in [0, 0.05) is 10.6 Å². The summed E-state index contributed by atoms with van der Waals surface area (Å²) in [5.41, 5.74) is 1.38. The van der Waals surface area contributed by atoms with Crippen molar-refractivity contribution in [3.63, 3.8) is 0 Å². The molecule has 7 nitrogen and oxygen atoms in total. The quantitative estimate of drug-likeness (QED) is 0.314. The van der Waals surface area contributed by atoms with Crippen LogP contribution in [0.4, 0.5) is 11.6 Å². The average Bonchev–Trinajstić information content (AvgIpc) is 3.30. The molecule has 1 N–H and O–H groups in total. The van der Waals surface area contributed by atoms with Crippen molar-refractivity contribution in [3.05, 3.63) is 75.5 Å². The van der Waals surface area contributed by atoms with Gasteiger partial charge in [0.25, 0.3) is 5.91 Å². The molecular formula is C18H10ClN3O4S2. The molecule has 140 valence electrons. The van der Waals surface area contributed by atoms with Crippen LogP contribution >= 0.6 is 34.7 Å². The van der Waals surface area contributed by atoms with Crippen LogP contribution in [0, 0.1) is 10.1 Å². The molecule has 0 aliphatic carbocycles. The third-order valence-electron chi connectivity index (χ3n) is 3.66. The van der Waals surface area contributed by atoms with Gasteiger partial charge in [-0.3, -0.25) is 14.9 Å². The number of nitro groups is 1. The standard InChI is InChI=1S/C18H10ClN3O4S2/c19-11-9-10(20-17(23)13-6-8-16(26-13)22(24)25)5-7-14(11)27-18-21-12-3-1-2-4-15(12)28-18/h1-9H,(H,20,23). The number of carbonyl (C=O) groups excluding carboxylic acids is 1. The fraction of sp³-hybridized carbons (Fsp3) is 0. The topological polar surface area (TPSA) is 98.3 Å². The molecule has 0 saturated carbocycles. The van der Waals surface area contributed by atoms with Gasteiger partial charge in [-0.2, -0.15) is 0 Å². The Morgan fingerprint density at radius 2 is 2.04 bits per heavy atom. The summed E-state index contributed by atoms with van der Waals surface area (Å²) in [7, 11) is 0. The third-order valence-corrected chi connectivity index (χ3v) is 6.25. The van der Waals surface area contributed by atoms with Crippen LogP contribution in [0.3, 0.4) is 0 Å². The summed E-state index contributed by atoms with van der Waals surface area (Å²) < 4.78 is 6.84. The number of thiazole rings is 1. The number of aromatic nitrogens is 1. The van der Waals surface area contributed by atoms with E-state index in [0.29, 0.717) is 10.7 Å². The van der Waals surface area contributed by atoms with E-state index < -0.39 is 16.7 Å². The molecule has 0 aliphatic rings. The van der Waals surface area contributed by atoms with Gasteiger partial charge < -0.3 is 9.73 Å². The van der Waals surface area contributed by atoms with Gasteiger partial charge in [-0.25, -0.2) is 4.98 Å². The Kier molecular flexibility index (Phi) is 5.03. The minimum absolute atomic E-state index is 0.157. The molecule has 0 unspecified atom stereocenters. The van der Waals surface area contributed by atoms with E-state index in [1.54, 1.807) is 29.5 Å². The zero-order valence-electron chi connectivity index (χ0n) is 13.9. The van der Waals surface area contributed by atoms with E-state index in [1.165, 1.54) is 17.8 Å². The zero-order valence-corrected chi connectivity index (χ0v) is 16.3. The number of para-hydroxylation sites is 1. The summed E-state index contributed by atoms with van der Waals surface area (Å²) in [4.78, 5) is 27.4. The number of nitrogens with zero attached hydrogens (tertiary/aromatic N) is 2. The van der Waals surface area contributed by atoms with Crippen LogP contribution in [-0.2, 0) is 0 Å². The first kappa shape index (κ1) is 18.5. The summed E-state index contributed by atoms with van der Waals surface area (Å²) in [6, 6.07) is 15.3. The van der Waals surface area contributed by atoms with E-state index in [4.69, 9.17) is 16.0 Å². The van der Waals surface area contributed by atoms with Crippen LogP contribution in [0.15, 0.2) is 68.2 Å². The van der Waals surface area contributed by atoms with Crippen molar-refractivity contribution in [2.45, 2.75) is 9.24 Å². The van der Waals surface area contributed by atoms with Crippen molar-refractivity contribution in [1.82, 2.24) is 4.98 Å². The maximum absolute atomic E-state index is 12.2. The first-order valence-electron chi connectivity index (χ1n) is 7.88. The van der Waals surface area contributed by atoms with Crippen molar-refractivity contribution in [1.29, 1.82) is 0 Å². The van der Waals surface area contributed by atoms with E-state index in [9.17, 15) is 14.9 Å². The van der Waals surface area contributed by atoms with Crippen LogP contribution in [0.2, 0.25) is 5.02 Å². The summed E-state index contributed by atoms with van der Waals surface area (Å²) in [6.45, 7) is 0. The second kappa shape index (κ2) is 7.63. The summed E-state index contributed by atoms with van der Waals surface area (Å²) in [5, 5.41) is 13.7. The molecular weight excluding hydrogens is 422 g/mol. The van der Waals surface area contributed by atoms with E-state index in [1.807, 2.05) is 24.3 Å². The van der Waals surface area contributed by atoms with Gasteiger partial charge in [-0.05, 0) is 36.4 Å². The number of fused-ring (bicyclic) bond motifs is 1. The molecule has 2 heterocycles. The van der Waals surface area contributed by atoms with Crippen molar-refractivity contribution in [3.8, 4) is 0 Å². The molecule has 0 aliphatic heterocycles. The Bertz CT molecular complexity index is 1170. The molecule has 2 aromatic carbocycles. The molecule has 0 radical (unpaired) electrons. The number of hydrogen-bond donors (Lipinski definition) is 1. The van der Waals surface area contributed by atoms with Gasteiger partial charge in [-0.1, -0.05) is 35.5 Å². The van der Waals surface area contributed by atoms with Gasteiger partial charge in [0.2, 0.25) is 0 Å². The Balaban J connectivity index is 1.49.